The maximum absolute atomic E-state index is 13.4. The van der Waals surface area contributed by atoms with Crippen molar-refractivity contribution in [3.8, 4) is 5.75 Å². The molecule has 1 atom stereocenters. The number of amides is 4. The molecular weight excluding hydrogens is 418 g/mol. The van der Waals surface area contributed by atoms with Crippen LogP contribution in [0, 0.1) is 6.92 Å². The van der Waals surface area contributed by atoms with E-state index < -0.39 is 29.9 Å². The standard InChI is InChI=1S/C23H26ClN3O4/c1-4-5-11-23(16-9-7-6-8-10-16)21(29)27(22(30)26-23)14-20(28)25-18-12-15(2)17(24)13-19(18)31-3/h6-10,12-13H,4-5,11,14H2,1-3H3,(H,25,28)(H,26,30). The number of urea groups is 1. The summed E-state index contributed by atoms with van der Waals surface area (Å²) in [6, 6.07) is 11.8. The van der Waals surface area contributed by atoms with Crippen LogP contribution in [0.2, 0.25) is 5.02 Å². The minimum Gasteiger partial charge on any atom is -0.495 e. The number of nitrogens with one attached hydrogen (secondary N) is 2. The smallest absolute Gasteiger partial charge is 0.325 e. The number of nitrogens with zero attached hydrogens (tertiary/aromatic N) is 1. The highest BCUT2D eigenvalue weighted by Gasteiger charge is 2.52. The summed E-state index contributed by atoms with van der Waals surface area (Å²) in [6.07, 6.45) is 2.08. The molecule has 0 aliphatic carbocycles. The fourth-order valence-electron chi connectivity index (χ4n) is 3.71. The third-order valence-corrected chi connectivity index (χ3v) is 5.81. The maximum atomic E-state index is 13.4. The molecule has 7 nitrogen and oxygen atoms in total. The number of benzene rings is 2. The highest BCUT2D eigenvalue weighted by molar-refractivity contribution is 6.31. The molecule has 2 aromatic rings. The Kier molecular flexibility index (Phi) is 6.85. The third kappa shape index (κ3) is 4.51. The number of anilines is 1. The van der Waals surface area contributed by atoms with Gasteiger partial charge in [0.1, 0.15) is 17.8 Å². The zero-order valence-corrected chi connectivity index (χ0v) is 18.6. The van der Waals surface area contributed by atoms with Crippen LogP contribution in [0.15, 0.2) is 42.5 Å². The summed E-state index contributed by atoms with van der Waals surface area (Å²) in [6.45, 7) is 3.42. The monoisotopic (exact) mass is 443 g/mol. The molecule has 1 unspecified atom stereocenters. The van der Waals surface area contributed by atoms with Gasteiger partial charge in [0.25, 0.3) is 5.91 Å². The van der Waals surface area contributed by atoms with Gasteiger partial charge in [0, 0.05) is 11.1 Å². The van der Waals surface area contributed by atoms with Crippen LogP contribution in [0.5, 0.6) is 5.75 Å². The quantitative estimate of drug-likeness (QED) is 0.597. The Balaban J connectivity index is 1.82. The van der Waals surface area contributed by atoms with Crippen molar-refractivity contribution in [2.45, 2.75) is 38.6 Å². The van der Waals surface area contributed by atoms with Crippen LogP contribution >= 0.6 is 11.6 Å². The number of rotatable bonds is 8. The fraction of sp³-hybridized carbons (Fsp3) is 0.348. The van der Waals surface area contributed by atoms with Crippen molar-refractivity contribution in [1.82, 2.24) is 10.2 Å². The molecule has 1 saturated heterocycles. The Morgan fingerprint density at radius 1 is 1.23 bits per heavy atom. The average Bonchev–Trinajstić information content (AvgIpc) is 3.00. The molecule has 8 heteroatoms. The van der Waals surface area contributed by atoms with Gasteiger partial charge in [-0.2, -0.15) is 0 Å². The lowest BCUT2D eigenvalue weighted by Crippen LogP contribution is -2.44. The second kappa shape index (κ2) is 9.39. The molecule has 0 bridgehead atoms. The lowest BCUT2D eigenvalue weighted by Gasteiger charge is -2.27. The molecule has 0 saturated carbocycles. The lowest BCUT2D eigenvalue weighted by atomic mass is 9.85. The molecule has 0 spiro atoms. The Hall–Kier alpha value is -3.06. The van der Waals surface area contributed by atoms with Crippen molar-refractivity contribution in [3.63, 3.8) is 0 Å². The molecule has 2 aromatic carbocycles. The highest BCUT2D eigenvalue weighted by Crippen LogP contribution is 2.34. The van der Waals surface area contributed by atoms with Gasteiger partial charge in [-0.3, -0.25) is 14.5 Å². The molecule has 1 aliphatic heterocycles. The van der Waals surface area contributed by atoms with E-state index >= 15 is 0 Å². The predicted molar refractivity (Wildman–Crippen MR) is 119 cm³/mol. The van der Waals surface area contributed by atoms with E-state index in [2.05, 4.69) is 10.6 Å². The van der Waals surface area contributed by atoms with Crippen LogP contribution in [0.3, 0.4) is 0 Å². The molecule has 31 heavy (non-hydrogen) atoms. The molecule has 0 aromatic heterocycles. The van der Waals surface area contributed by atoms with Crippen LogP contribution in [0.25, 0.3) is 0 Å². The molecule has 1 fully saturated rings. The first-order valence-corrected chi connectivity index (χ1v) is 10.5. The average molecular weight is 444 g/mol. The zero-order chi connectivity index (χ0) is 22.6. The van der Waals surface area contributed by atoms with E-state index in [1.54, 1.807) is 19.1 Å². The van der Waals surface area contributed by atoms with E-state index in [4.69, 9.17) is 16.3 Å². The zero-order valence-electron chi connectivity index (χ0n) is 17.8. The number of hydrogen-bond donors (Lipinski definition) is 2. The number of imide groups is 1. The van der Waals surface area contributed by atoms with Crippen LogP contribution in [0.4, 0.5) is 10.5 Å². The molecule has 3 rings (SSSR count). The Labute approximate surface area is 186 Å². The number of ether oxygens (including phenoxy) is 1. The summed E-state index contributed by atoms with van der Waals surface area (Å²) < 4.78 is 5.27. The molecule has 0 radical (unpaired) electrons. The molecular formula is C23H26ClN3O4. The first-order chi connectivity index (χ1) is 14.8. The number of halogens is 1. The number of unbranched alkanes of at least 4 members (excludes halogenated alkanes) is 1. The maximum Gasteiger partial charge on any atom is 0.325 e. The SMILES string of the molecule is CCCCC1(c2ccccc2)NC(=O)N(CC(=O)Nc2cc(C)c(Cl)cc2OC)C1=O. The highest BCUT2D eigenvalue weighted by atomic mass is 35.5. The second-order valence-corrected chi connectivity index (χ2v) is 7.95. The number of aryl methyl sites for hydroxylation is 1. The van der Waals surface area contributed by atoms with Gasteiger partial charge in [-0.1, -0.05) is 61.7 Å². The molecule has 1 heterocycles. The lowest BCUT2D eigenvalue weighted by molar-refractivity contribution is -0.134. The van der Waals surface area contributed by atoms with Gasteiger partial charge in [-0.25, -0.2) is 4.79 Å². The van der Waals surface area contributed by atoms with E-state index in [0.717, 1.165) is 23.3 Å². The normalized spacial score (nSPS) is 18.1. The number of methoxy groups -OCH3 is 1. The molecule has 1 aliphatic rings. The van der Waals surface area contributed by atoms with Crippen LogP contribution in [-0.2, 0) is 15.1 Å². The van der Waals surface area contributed by atoms with Crippen molar-refractivity contribution in [1.29, 1.82) is 0 Å². The van der Waals surface area contributed by atoms with E-state index in [1.807, 2.05) is 37.3 Å². The van der Waals surface area contributed by atoms with Crippen LogP contribution in [0.1, 0.15) is 37.3 Å². The van der Waals surface area contributed by atoms with Crippen molar-refractivity contribution < 1.29 is 19.1 Å². The fourth-order valence-corrected chi connectivity index (χ4v) is 3.86. The van der Waals surface area contributed by atoms with Crippen LogP contribution in [-0.4, -0.2) is 36.4 Å². The van der Waals surface area contributed by atoms with Crippen LogP contribution < -0.4 is 15.4 Å². The summed E-state index contributed by atoms with van der Waals surface area (Å²) in [7, 11) is 1.47. The first kappa shape index (κ1) is 22.6. The van der Waals surface area contributed by atoms with Gasteiger partial charge in [-0.05, 0) is 30.5 Å². The number of carbonyl (C=O) groups excluding carboxylic acids is 3. The van der Waals surface area contributed by atoms with Gasteiger partial charge < -0.3 is 15.4 Å². The van der Waals surface area contributed by atoms with Crippen molar-refractivity contribution in [2.24, 2.45) is 0 Å². The Bertz CT molecular complexity index is 996. The summed E-state index contributed by atoms with van der Waals surface area (Å²) in [5, 5.41) is 6.06. The minimum absolute atomic E-state index is 0.391. The largest absolute Gasteiger partial charge is 0.495 e. The Morgan fingerprint density at radius 2 is 1.94 bits per heavy atom. The number of hydrogen-bond acceptors (Lipinski definition) is 4. The van der Waals surface area contributed by atoms with Gasteiger partial charge in [-0.15, -0.1) is 0 Å². The van der Waals surface area contributed by atoms with E-state index in [-0.39, 0.29) is 0 Å². The Morgan fingerprint density at radius 3 is 2.58 bits per heavy atom. The van der Waals surface area contributed by atoms with Gasteiger partial charge in [0.2, 0.25) is 5.91 Å². The summed E-state index contributed by atoms with van der Waals surface area (Å²) >= 11 is 6.11. The van der Waals surface area contributed by atoms with Gasteiger partial charge >= 0.3 is 6.03 Å². The van der Waals surface area contributed by atoms with E-state index in [0.29, 0.717) is 28.4 Å². The van der Waals surface area contributed by atoms with Gasteiger partial charge in [0.15, 0.2) is 0 Å². The van der Waals surface area contributed by atoms with Crippen molar-refractivity contribution in [3.05, 3.63) is 58.6 Å². The first-order valence-electron chi connectivity index (χ1n) is 10.2. The van der Waals surface area contributed by atoms with E-state index in [1.165, 1.54) is 7.11 Å². The molecule has 164 valence electrons. The van der Waals surface area contributed by atoms with Gasteiger partial charge in [0.05, 0.1) is 12.8 Å². The summed E-state index contributed by atoms with van der Waals surface area (Å²) in [4.78, 5) is 39.8. The third-order valence-electron chi connectivity index (χ3n) is 5.40. The van der Waals surface area contributed by atoms with E-state index in [9.17, 15) is 14.4 Å². The number of carbonyl (C=O) groups is 3. The summed E-state index contributed by atoms with van der Waals surface area (Å²) in [5.74, 6) is -0.544. The summed E-state index contributed by atoms with van der Waals surface area (Å²) in [5.41, 5.74) is 0.722. The molecule has 4 amide bonds. The predicted octanol–water partition coefficient (Wildman–Crippen LogP) is 4.23. The topological polar surface area (TPSA) is 87.7 Å². The second-order valence-electron chi connectivity index (χ2n) is 7.55. The molecule has 2 N–H and O–H groups in total. The minimum atomic E-state index is -1.16. The van der Waals surface area contributed by atoms with Crippen molar-refractivity contribution >= 4 is 35.1 Å². The van der Waals surface area contributed by atoms with Crippen molar-refractivity contribution in [2.75, 3.05) is 19.0 Å².